The van der Waals surface area contributed by atoms with E-state index in [0.29, 0.717) is 44.0 Å². The van der Waals surface area contributed by atoms with Gasteiger partial charge in [-0.3, -0.25) is 9.69 Å². The SMILES string of the molecule is COc1ccc(CN2CCN(C(C)=O)CC2)cc1OCC(O)CN1CCC(F)CC1. The van der Waals surface area contributed by atoms with Gasteiger partial charge in [0.15, 0.2) is 11.5 Å². The Labute approximate surface area is 178 Å². The highest BCUT2D eigenvalue weighted by Crippen LogP contribution is 2.29. The van der Waals surface area contributed by atoms with Crippen molar-refractivity contribution in [1.29, 1.82) is 0 Å². The Morgan fingerprint density at radius 1 is 1.13 bits per heavy atom. The van der Waals surface area contributed by atoms with Crippen LogP contribution in [0.1, 0.15) is 25.3 Å². The number of aliphatic hydroxyl groups excluding tert-OH is 1. The molecule has 1 N–H and O–H groups in total. The third-order valence-corrected chi connectivity index (χ3v) is 5.87. The number of nitrogens with zero attached hydrogens (tertiary/aromatic N) is 3. The van der Waals surface area contributed by atoms with Gasteiger partial charge in [0.1, 0.15) is 18.9 Å². The van der Waals surface area contributed by atoms with Crippen LogP contribution in [0.25, 0.3) is 0 Å². The van der Waals surface area contributed by atoms with Crippen LogP contribution >= 0.6 is 0 Å². The van der Waals surface area contributed by atoms with Crippen molar-refractivity contribution in [3.8, 4) is 11.5 Å². The van der Waals surface area contributed by atoms with Crippen molar-refractivity contribution in [3.63, 3.8) is 0 Å². The fourth-order valence-electron chi connectivity index (χ4n) is 4.03. The molecule has 0 saturated carbocycles. The maximum atomic E-state index is 13.3. The molecule has 1 aromatic rings. The van der Waals surface area contributed by atoms with Crippen LogP contribution in [0.15, 0.2) is 18.2 Å². The molecule has 0 aliphatic carbocycles. The zero-order valence-corrected chi connectivity index (χ0v) is 18.1. The number of aliphatic hydroxyl groups is 1. The predicted molar refractivity (Wildman–Crippen MR) is 113 cm³/mol. The monoisotopic (exact) mass is 423 g/mol. The molecule has 3 rings (SSSR count). The molecule has 1 atom stereocenters. The van der Waals surface area contributed by atoms with E-state index in [1.54, 1.807) is 14.0 Å². The molecule has 2 fully saturated rings. The third-order valence-electron chi connectivity index (χ3n) is 5.87. The largest absolute Gasteiger partial charge is 0.493 e. The second-order valence-corrected chi connectivity index (χ2v) is 8.21. The number of piperazine rings is 1. The Morgan fingerprint density at radius 3 is 2.47 bits per heavy atom. The highest BCUT2D eigenvalue weighted by Gasteiger charge is 2.22. The van der Waals surface area contributed by atoms with E-state index in [-0.39, 0.29) is 12.5 Å². The van der Waals surface area contributed by atoms with E-state index in [0.717, 1.165) is 38.3 Å². The molecule has 168 valence electrons. The number of hydrogen-bond donors (Lipinski definition) is 1. The summed E-state index contributed by atoms with van der Waals surface area (Å²) in [6.07, 6.45) is -0.296. The molecular formula is C22H34FN3O4. The van der Waals surface area contributed by atoms with Crippen molar-refractivity contribution < 1.29 is 23.8 Å². The van der Waals surface area contributed by atoms with Crippen molar-refractivity contribution in [2.24, 2.45) is 0 Å². The van der Waals surface area contributed by atoms with Crippen LogP contribution in [0.4, 0.5) is 4.39 Å². The number of benzene rings is 1. The van der Waals surface area contributed by atoms with E-state index < -0.39 is 12.3 Å². The van der Waals surface area contributed by atoms with Crippen molar-refractivity contribution >= 4 is 5.91 Å². The van der Waals surface area contributed by atoms with E-state index in [1.165, 1.54) is 0 Å². The average Bonchev–Trinajstić information content (AvgIpc) is 2.74. The van der Waals surface area contributed by atoms with Crippen LogP contribution in [0.2, 0.25) is 0 Å². The Morgan fingerprint density at radius 2 is 1.83 bits per heavy atom. The van der Waals surface area contributed by atoms with Crippen LogP contribution in [0, 0.1) is 0 Å². The summed E-state index contributed by atoms with van der Waals surface area (Å²) < 4.78 is 24.6. The lowest BCUT2D eigenvalue weighted by Gasteiger charge is -2.34. The molecule has 0 radical (unpaired) electrons. The number of β-amino-alcohol motifs (C(OH)–C–C–N with tert-alkyl or cyclic N) is 1. The van der Waals surface area contributed by atoms with Crippen LogP contribution in [0.5, 0.6) is 11.5 Å². The smallest absolute Gasteiger partial charge is 0.219 e. The molecule has 8 heteroatoms. The van der Waals surface area contributed by atoms with Gasteiger partial charge in [-0.1, -0.05) is 6.07 Å². The zero-order chi connectivity index (χ0) is 21.5. The molecule has 1 aromatic carbocycles. The van der Waals surface area contributed by atoms with Gasteiger partial charge in [0, 0.05) is 59.3 Å². The number of amides is 1. The van der Waals surface area contributed by atoms with Crippen molar-refractivity contribution in [2.75, 3.05) is 59.5 Å². The van der Waals surface area contributed by atoms with Crippen LogP contribution < -0.4 is 9.47 Å². The maximum absolute atomic E-state index is 13.3. The number of piperidine rings is 1. The summed E-state index contributed by atoms with van der Waals surface area (Å²) >= 11 is 0. The number of carbonyl (C=O) groups is 1. The number of methoxy groups -OCH3 is 1. The molecule has 30 heavy (non-hydrogen) atoms. The van der Waals surface area contributed by atoms with E-state index in [9.17, 15) is 14.3 Å². The van der Waals surface area contributed by atoms with Gasteiger partial charge < -0.3 is 24.4 Å². The lowest BCUT2D eigenvalue weighted by atomic mass is 10.1. The van der Waals surface area contributed by atoms with Crippen molar-refractivity contribution in [2.45, 2.75) is 38.6 Å². The summed E-state index contributed by atoms with van der Waals surface area (Å²) in [5, 5.41) is 10.4. The summed E-state index contributed by atoms with van der Waals surface area (Å²) in [7, 11) is 1.60. The van der Waals surface area contributed by atoms with E-state index in [1.807, 2.05) is 23.1 Å². The van der Waals surface area contributed by atoms with Crippen molar-refractivity contribution in [1.82, 2.24) is 14.7 Å². The lowest BCUT2D eigenvalue weighted by Crippen LogP contribution is -2.47. The third kappa shape index (κ3) is 6.55. The Bertz CT molecular complexity index is 689. The Hall–Kier alpha value is -1.90. The molecule has 0 bridgehead atoms. The molecule has 2 aliphatic heterocycles. The quantitative estimate of drug-likeness (QED) is 0.684. The van der Waals surface area contributed by atoms with Gasteiger partial charge in [-0.15, -0.1) is 0 Å². The minimum atomic E-state index is -0.716. The average molecular weight is 424 g/mol. The molecule has 2 heterocycles. The molecule has 1 unspecified atom stereocenters. The second-order valence-electron chi connectivity index (χ2n) is 8.21. The summed E-state index contributed by atoms with van der Waals surface area (Å²) in [5.41, 5.74) is 1.10. The summed E-state index contributed by atoms with van der Waals surface area (Å²) in [6.45, 7) is 7.56. The van der Waals surface area contributed by atoms with Gasteiger partial charge in [0.05, 0.1) is 7.11 Å². The normalized spacial score (nSPS) is 20.2. The van der Waals surface area contributed by atoms with Crippen LogP contribution in [-0.2, 0) is 11.3 Å². The highest BCUT2D eigenvalue weighted by molar-refractivity contribution is 5.73. The summed E-state index contributed by atoms with van der Waals surface area (Å²) in [4.78, 5) is 17.8. The fourth-order valence-corrected chi connectivity index (χ4v) is 4.03. The van der Waals surface area contributed by atoms with E-state index >= 15 is 0 Å². The molecule has 2 saturated heterocycles. The first-order chi connectivity index (χ1) is 14.4. The number of carbonyl (C=O) groups excluding carboxylic acids is 1. The second kappa shape index (κ2) is 10.9. The predicted octanol–water partition coefficient (Wildman–Crippen LogP) is 1.53. The first-order valence-corrected chi connectivity index (χ1v) is 10.8. The van der Waals surface area contributed by atoms with Gasteiger partial charge in [0.25, 0.3) is 0 Å². The number of halogens is 1. The topological polar surface area (TPSA) is 65.5 Å². The zero-order valence-electron chi connectivity index (χ0n) is 18.1. The van der Waals surface area contributed by atoms with E-state index in [4.69, 9.17) is 9.47 Å². The molecular weight excluding hydrogens is 389 g/mol. The van der Waals surface area contributed by atoms with Gasteiger partial charge in [0.2, 0.25) is 5.91 Å². The van der Waals surface area contributed by atoms with Crippen LogP contribution in [0.3, 0.4) is 0 Å². The number of ether oxygens (including phenoxy) is 2. The van der Waals surface area contributed by atoms with E-state index in [2.05, 4.69) is 9.80 Å². The summed E-state index contributed by atoms with van der Waals surface area (Å²) in [5.74, 6) is 1.37. The van der Waals surface area contributed by atoms with Gasteiger partial charge >= 0.3 is 0 Å². The first-order valence-electron chi connectivity index (χ1n) is 10.8. The van der Waals surface area contributed by atoms with Crippen LogP contribution in [-0.4, -0.2) is 97.5 Å². The molecule has 0 aromatic heterocycles. The number of alkyl halides is 1. The standard InChI is InChI=1S/C22H34FN3O4/c1-17(27)26-11-9-25(10-12-26)14-18-3-4-21(29-2)22(13-18)30-16-20(28)15-24-7-5-19(23)6-8-24/h3-4,13,19-20,28H,5-12,14-16H2,1-2H3. The van der Waals surface area contributed by atoms with Gasteiger partial charge in [-0.05, 0) is 30.5 Å². The number of hydrogen-bond acceptors (Lipinski definition) is 6. The number of rotatable bonds is 8. The molecule has 0 spiro atoms. The number of likely N-dealkylation sites (tertiary alicyclic amines) is 1. The fraction of sp³-hybridized carbons (Fsp3) is 0.682. The Kier molecular flexibility index (Phi) is 8.30. The van der Waals surface area contributed by atoms with Gasteiger partial charge in [-0.2, -0.15) is 0 Å². The molecule has 1 amide bonds. The molecule has 7 nitrogen and oxygen atoms in total. The first kappa shape index (κ1) is 22.8. The lowest BCUT2D eigenvalue weighted by molar-refractivity contribution is -0.130. The van der Waals surface area contributed by atoms with Crippen molar-refractivity contribution in [3.05, 3.63) is 23.8 Å². The highest BCUT2D eigenvalue weighted by atomic mass is 19.1. The minimum absolute atomic E-state index is 0.127. The summed E-state index contributed by atoms with van der Waals surface area (Å²) in [6, 6.07) is 5.85. The minimum Gasteiger partial charge on any atom is -0.493 e. The maximum Gasteiger partial charge on any atom is 0.219 e. The molecule has 2 aliphatic rings. The Balaban J connectivity index is 1.51. The van der Waals surface area contributed by atoms with Gasteiger partial charge in [-0.25, -0.2) is 4.39 Å².